The summed E-state index contributed by atoms with van der Waals surface area (Å²) in [6.07, 6.45) is 1.75. The van der Waals surface area contributed by atoms with Crippen LogP contribution in [-0.2, 0) is 23.9 Å². The Morgan fingerprint density at radius 3 is 2.34 bits per heavy atom. The Balaban J connectivity index is 2.27. The van der Waals surface area contributed by atoms with Crippen LogP contribution in [0.5, 0.6) is 0 Å². The molecule has 0 aromatic heterocycles. The van der Waals surface area contributed by atoms with Gasteiger partial charge in [-0.05, 0) is 52.5 Å². The van der Waals surface area contributed by atoms with Gasteiger partial charge in [-0.2, -0.15) is 0 Å². The molecule has 1 saturated carbocycles. The Hall–Kier alpha value is -3.10. The third-order valence-corrected chi connectivity index (χ3v) is 5.06. The lowest BCUT2D eigenvalue weighted by atomic mass is 9.88. The number of carbonyl (C=O) groups is 4. The fraction of sp³-hybridized carbons (Fsp3) is 0.565. The second kappa shape index (κ2) is 11.0. The zero-order chi connectivity index (χ0) is 23.9. The fourth-order valence-electron chi connectivity index (χ4n) is 3.38. The Labute approximate surface area is 188 Å². The summed E-state index contributed by atoms with van der Waals surface area (Å²) in [4.78, 5) is 51.5. The molecular formula is C23H33N3O6. The van der Waals surface area contributed by atoms with Gasteiger partial charge in [-0.15, -0.1) is 0 Å². The van der Waals surface area contributed by atoms with Crippen LogP contribution in [0.3, 0.4) is 0 Å². The van der Waals surface area contributed by atoms with Crippen molar-refractivity contribution < 1.29 is 28.7 Å². The van der Waals surface area contributed by atoms with E-state index in [1.165, 1.54) is 12.0 Å². The monoisotopic (exact) mass is 447 g/mol. The minimum absolute atomic E-state index is 0.141. The van der Waals surface area contributed by atoms with Crippen molar-refractivity contribution in [2.24, 2.45) is 0 Å². The molecule has 1 unspecified atom stereocenters. The van der Waals surface area contributed by atoms with Crippen molar-refractivity contribution in [2.45, 2.75) is 64.6 Å². The minimum Gasteiger partial charge on any atom is -0.468 e. The summed E-state index contributed by atoms with van der Waals surface area (Å²) in [5.74, 6) is -1.48. The van der Waals surface area contributed by atoms with Crippen molar-refractivity contribution in [2.75, 3.05) is 20.2 Å². The summed E-state index contributed by atoms with van der Waals surface area (Å²) >= 11 is 0. The molecule has 0 heterocycles. The maximum Gasteiger partial charge on any atom is 0.408 e. The summed E-state index contributed by atoms with van der Waals surface area (Å²) in [5.41, 5.74) is 0.865. The van der Waals surface area contributed by atoms with E-state index in [0.29, 0.717) is 5.56 Å². The first kappa shape index (κ1) is 25.2. The predicted octanol–water partition coefficient (Wildman–Crippen LogP) is 2.23. The van der Waals surface area contributed by atoms with E-state index in [9.17, 15) is 19.2 Å². The molecule has 32 heavy (non-hydrogen) atoms. The van der Waals surface area contributed by atoms with Crippen LogP contribution in [-0.4, -0.2) is 60.6 Å². The van der Waals surface area contributed by atoms with E-state index in [0.717, 1.165) is 24.8 Å². The highest BCUT2D eigenvalue weighted by Gasteiger charge is 2.39. The largest absolute Gasteiger partial charge is 0.468 e. The Morgan fingerprint density at radius 1 is 1.12 bits per heavy atom. The number of alkyl carbamates (subject to hydrolysis) is 1. The molecule has 1 atom stereocenters. The lowest BCUT2D eigenvalue weighted by Crippen LogP contribution is -2.54. The average Bonchev–Trinajstić information content (AvgIpc) is 2.67. The normalized spacial score (nSPS) is 14.5. The maximum atomic E-state index is 13.2. The number of nitrogens with zero attached hydrogens (tertiary/aromatic N) is 1. The fourth-order valence-corrected chi connectivity index (χ4v) is 3.38. The minimum atomic E-state index is -0.946. The molecule has 9 heteroatoms. The van der Waals surface area contributed by atoms with E-state index >= 15 is 0 Å². The van der Waals surface area contributed by atoms with E-state index in [1.54, 1.807) is 26.8 Å². The third-order valence-electron chi connectivity index (χ3n) is 5.06. The summed E-state index contributed by atoms with van der Waals surface area (Å²) < 4.78 is 9.80. The van der Waals surface area contributed by atoms with Crippen LogP contribution < -0.4 is 10.6 Å². The topological polar surface area (TPSA) is 114 Å². The molecule has 0 saturated heterocycles. The highest BCUT2D eigenvalue weighted by Crippen LogP contribution is 2.33. The lowest BCUT2D eigenvalue weighted by molar-refractivity contribution is -0.146. The van der Waals surface area contributed by atoms with Gasteiger partial charge in [-0.3, -0.25) is 14.4 Å². The van der Waals surface area contributed by atoms with Gasteiger partial charge in [0, 0.05) is 6.04 Å². The molecule has 1 aromatic rings. The lowest BCUT2D eigenvalue weighted by Gasteiger charge is -2.42. The zero-order valence-electron chi connectivity index (χ0n) is 19.4. The number of hydrogen-bond donors (Lipinski definition) is 2. The van der Waals surface area contributed by atoms with Gasteiger partial charge in [0.05, 0.1) is 7.11 Å². The molecule has 2 rings (SSSR count). The van der Waals surface area contributed by atoms with Crippen molar-refractivity contribution in [3.05, 3.63) is 35.4 Å². The van der Waals surface area contributed by atoms with Crippen molar-refractivity contribution in [3.8, 4) is 0 Å². The first-order valence-electron chi connectivity index (χ1n) is 10.7. The van der Waals surface area contributed by atoms with Crippen LogP contribution in [0.15, 0.2) is 24.3 Å². The van der Waals surface area contributed by atoms with Crippen molar-refractivity contribution in [3.63, 3.8) is 0 Å². The van der Waals surface area contributed by atoms with Gasteiger partial charge in [0.1, 0.15) is 24.7 Å². The van der Waals surface area contributed by atoms with Gasteiger partial charge in [0.2, 0.25) is 11.8 Å². The molecule has 176 valence electrons. The number of benzene rings is 1. The molecule has 0 aliphatic heterocycles. The number of nitrogens with one attached hydrogen (secondary N) is 2. The number of rotatable bonds is 8. The zero-order valence-corrected chi connectivity index (χ0v) is 19.4. The van der Waals surface area contributed by atoms with Gasteiger partial charge >= 0.3 is 12.1 Å². The highest BCUT2D eigenvalue weighted by molar-refractivity contribution is 5.92. The summed E-state index contributed by atoms with van der Waals surface area (Å²) in [5, 5.41) is 5.05. The number of amides is 3. The molecule has 2 N–H and O–H groups in total. The van der Waals surface area contributed by atoms with Gasteiger partial charge in [0.25, 0.3) is 0 Å². The Morgan fingerprint density at radius 2 is 1.81 bits per heavy atom. The van der Waals surface area contributed by atoms with Gasteiger partial charge in [-0.25, -0.2) is 4.79 Å². The molecular weight excluding hydrogens is 414 g/mol. The first-order valence-corrected chi connectivity index (χ1v) is 10.7. The first-order chi connectivity index (χ1) is 15.0. The molecule has 0 bridgehead atoms. The smallest absolute Gasteiger partial charge is 0.408 e. The molecule has 3 amide bonds. The van der Waals surface area contributed by atoms with Crippen molar-refractivity contribution >= 4 is 23.9 Å². The highest BCUT2D eigenvalue weighted by atomic mass is 16.6. The van der Waals surface area contributed by atoms with E-state index in [2.05, 4.69) is 15.4 Å². The summed E-state index contributed by atoms with van der Waals surface area (Å²) in [6.45, 7) is 6.47. The molecule has 1 fully saturated rings. The molecule has 1 aliphatic carbocycles. The summed E-state index contributed by atoms with van der Waals surface area (Å²) in [7, 11) is 1.24. The molecule has 0 spiro atoms. The third kappa shape index (κ3) is 7.25. The van der Waals surface area contributed by atoms with Crippen molar-refractivity contribution in [1.82, 2.24) is 15.5 Å². The van der Waals surface area contributed by atoms with Gasteiger partial charge < -0.3 is 25.0 Å². The number of ether oxygens (including phenoxy) is 2. The van der Waals surface area contributed by atoms with Crippen LogP contribution in [0.25, 0.3) is 0 Å². The van der Waals surface area contributed by atoms with E-state index in [-0.39, 0.29) is 19.1 Å². The number of carbonyl (C=O) groups excluding carboxylic acids is 4. The SMILES string of the molecule is COC(=O)CNC(=O)C(c1cccc(C)c1)N(C(=O)CNC(=O)OC(C)(C)C)C1CCC1. The quantitative estimate of drug-likeness (QED) is 0.591. The molecule has 1 aliphatic rings. The van der Waals surface area contributed by atoms with Crippen LogP contribution in [0.1, 0.15) is 57.2 Å². The number of aryl methyl sites for hydroxylation is 1. The van der Waals surface area contributed by atoms with Crippen LogP contribution in [0.4, 0.5) is 4.79 Å². The Bertz CT molecular complexity index is 844. The number of methoxy groups -OCH3 is 1. The average molecular weight is 448 g/mol. The maximum absolute atomic E-state index is 13.2. The van der Waals surface area contributed by atoms with E-state index in [4.69, 9.17) is 4.74 Å². The molecule has 9 nitrogen and oxygen atoms in total. The molecule has 1 aromatic carbocycles. The van der Waals surface area contributed by atoms with Gasteiger partial charge in [0.15, 0.2) is 0 Å². The van der Waals surface area contributed by atoms with E-state index in [1.807, 2.05) is 25.1 Å². The number of esters is 1. The van der Waals surface area contributed by atoms with Crippen molar-refractivity contribution in [1.29, 1.82) is 0 Å². The second-order valence-electron chi connectivity index (χ2n) is 8.85. The van der Waals surface area contributed by atoms with Crippen LogP contribution >= 0.6 is 0 Å². The Kier molecular flexibility index (Phi) is 8.63. The standard InChI is InChI=1S/C23H33N3O6/c1-15-8-6-9-16(12-15)20(21(29)24-14-19(28)31-5)26(17-10-7-11-17)18(27)13-25-22(30)32-23(2,3)4/h6,8-9,12,17,20H,7,10-11,13-14H2,1-5H3,(H,24,29)(H,25,30). The summed E-state index contributed by atoms with van der Waals surface area (Å²) in [6, 6.07) is 6.23. The predicted molar refractivity (Wildman–Crippen MR) is 118 cm³/mol. The number of hydrogen-bond acceptors (Lipinski definition) is 6. The molecule has 0 radical (unpaired) electrons. The van der Waals surface area contributed by atoms with Crippen LogP contribution in [0.2, 0.25) is 0 Å². The second-order valence-corrected chi connectivity index (χ2v) is 8.85. The van der Waals surface area contributed by atoms with Crippen LogP contribution in [0, 0.1) is 6.92 Å². The van der Waals surface area contributed by atoms with E-state index < -0.39 is 35.5 Å². The van der Waals surface area contributed by atoms with Gasteiger partial charge in [-0.1, -0.05) is 29.8 Å².